The molecule has 2 saturated heterocycles. The SMILES string of the molecule is C=CC(=O)N1CCN(c2nc(C3CCCN3C)nc3cc(-c4cc(O)cc5ccccc45)c4cc(OCC)oc4c23)CC1CC#N. The number of phenols is 1. The molecule has 4 heterocycles. The first-order chi connectivity index (χ1) is 22.4. The summed E-state index contributed by atoms with van der Waals surface area (Å²) in [6.45, 7) is 8.35. The lowest BCUT2D eigenvalue weighted by Gasteiger charge is -2.41. The Bertz CT molecular complexity index is 2030. The number of hydrogen-bond donors (Lipinski definition) is 1. The number of ether oxygens (including phenoxy) is 1. The van der Waals surface area contributed by atoms with Crippen LogP contribution in [0.1, 0.15) is 38.1 Å². The molecule has 5 aromatic rings. The van der Waals surface area contributed by atoms with Gasteiger partial charge in [-0.1, -0.05) is 30.8 Å². The molecule has 234 valence electrons. The largest absolute Gasteiger partial charge is 0.508 e. The number of likely N-dealkylation sites (tertiary alicyclic amines) is 1. The highest BCUT2D eigenvalue weighted by atomic mass is 16.6. The van der Waals surface area contributed by atoms with Crippen LogP contribution in [0.5, 0.6) is 11.7 Å². The summed E-state index contributed by atoms with van der Waals surface area (Å²) in [6.07, 6.45) is 3.50. The number of amides is 1. The van der Waals surface area contributed by atoms with Crippen LogP contribution in [-0.4, -0.2) is 76.7 Å². The number of anilines is 1. The molecule has 0 bridgehead atoms. The maximum atomic E-state index is 12.7. The molecule has 0 aliphatic carbocycles. The molecular formula is C36H36N6O4. The fourth-order valence-electron chi connectivity index (χ4n) is 7.08. The van der Waals surface area contributed by atoms with Crippen molar-refractivity contribution in [2.75, 3.05) is 44.7 Å². The number of hydrogen-bond acceptors (Lipinski definition) is 9. The number of aromatic hydroxyl groups is 1. The van der Waals surface area contributed by atoms with Crippen LogP contribution in [0.3, 0.4) is 0 Å². The van der Waals surface area contributed by atoms with E-state index < -0.39 is 0 Å². The maximum absolute atomic E-state index is 12.7. The quantitative estimate of drug-likeness (QED) is 0.214. The van der Waals surface area contributed by atoms with E-state index in [2.05, 4.69) is 35.6 Å². The van der Waals surface area contributed by atoms with Crippen LogP contribution >= 0.6 is 0 Å². The molecule has 46 heavy (non-hydrogen) atoms. The van der Waals surface area contributed by atoms with E-state index in [4.69, 9.17) is 19.1 Å². The van der Waals surface area contributed by atoms with Crippen molar-refractivity contribution in [3.8, 4) is 28.9 Å². The van der Waals surface area contributed by atoms with Gasteiger partial charge in [-0.05, 0) is 79.5 Å². The number of aromatic nitrogens is 2. The summed E-state index contributed by atoms with van der Waals surface area (Å²) in [5.41, 5.74) is 3.03. The minimum Gasteiger partial charge on any atom is -0.508 e. The summed E-state index contributed by atoms with van der Waals surface area (Å²) in [5.74, 6) is 1.81. The zero-order valence-corrected chi connectivity index (χ0v) is 26.1. The Morgan fingerprint density at radius 1 is 1.15 bits per heavy atom. The summed E-state index contributed by atoms with van der Waals surface area (Å²) in [7, 11) is 2.10. The number of carbonyl (C=O) groups excluding carboxylic acids is 1. The number of benzene rings is 3. The van der Waals surface area contributed by atoms with Crippen LogP contribution in [0, 0.1) is 11.3 Å². The van der Waals surface area contributed by atoms with Crippen molar-refractivity contribution in [3.63, 3.8) is 0 Å². The van der Waals surface area contributed by atoms with Crippen molar-refractivity contribution in [2.45, 2.75) is 38.3 Å². The van der Waals surface area contributed by atoms with Gasteiger partial charge in [0.15, 0.2) is 5.58 Å². The zero-order chi connectivity index (χ0) is 31.9. The van der Waals surface area contributed by atoms with E-state index in [0.29, 0.717) is 49.1 Å². The summed E-state index contributed by atoms with van der Waals surface area (Å²) in [5, 5.41) is 23.9. The highest BCUT2D eigenvalue weighted by Gasteiger charge is 2.34. The van der Waals surface area contributed by atoms with Crippen LogP contribution in [0.4, 0.5) is 5.82 Å². The van der Waals surface area contributed by atoms with Gasteiger partial charge in [0.05, 0.1) is 42.1 Å². The molecule has 2 fully saturated rings. The summed E-state index contributed by atoms with van der Waals surface area (Å²) in [4.78, 5) is 29.3. The van der Waals surface area contributed by atoms with Gasteiger partial charge in [-0.3, -0.25) is 9.69 Å². The van der Waals surface area contributed by atoms with E-state index in [0.717, 1.165) is 57.9 Å². The van der Waals surface area contributed by atoms with Gasteiger partial charge in [0.2, 0.25) is 5.91 Å². The topological polar surface area (TPSA) is 119 Å². The third kappa shape index (κ3) is 5.07. The molecule has 7 rings (SSSR count). The van der Waals surface area contributed by atoms with Crippen LogP contribution in [-0.2, 0) is 4.79 Å². The molecule has 10 heteroatoms. The minimum atomic E-state index is -0.323. The van der Waals surface area contributed by atoms with E-state index in [1.54, 1.807) is 17.0 Å². The first-order valence-electron chi connectivity index (χ1n) is 15.8. The summed E-state index contributed by atoms with van der Waals surface area (Å²) < 4.78 is 12.3. The first kappa shape index (κ1) is 29.6. The van der Waals surface area contributed by atoms with Gasteiger partial charge in [0.1, 0.15) is 17.4 Å². The van der Waals surface area contributed by atoms with Gasteiger partial charge in [-0.2, -0.15) is 5.26 Å². The van der Waals surface area contributed by atoms with Crippen molar-refractivity contribution in [2.24, 2.45) is 0 Å². The second-order valence-electron chi connectivity index (χ2n) is 12.0. The standard InChI is InChI=1S/C36H36N6O4/c1-4-31(44)42-16-15-41(21-23(42)12-13-37)36-33-29(38-35(39-36)30-11-8-14-40(30)3)19-27(28-20-32(45-5-2)46-34(28)33)26-18-24(43)17-22-9-6-7-10-25(22)26/h4,6-7,9-10,17-20,23,30,43H,1,5,8,11-12,14-16,21H2,2-3H3. The van der Waals surface area contributed by atoms with E-state index >= 15 is 0 Å². The predicted octanol–water partition coefficient (Wildman–Crippen LogP) is 6.18. The number of nitriles is 1. The Hall–Kier alpha value is -5.14. The molecule has 0 radical (unpaired) electrons. The highest BCUT2D eigenvalue weighted by molar-refractivity contribution is 6.17. The maximum Gasteiger partial charge on any atom is 0.285 e. The second-order valence-corrected chi connectivity index (χ2v) is 12.0. The zero-order valence-electron chi connectivity index (χ0n) is 26.1. The summed E-state index contributed by atoms with van der Waals surface area (Å²) >= 11 is 0. The number of fused-ring (bicyclic) bond motifs is 4. The number of piperazine rings is 1. The fourth-order valence-corrected chi connectivity index (χ4v) is 7.08. The molecule has 1 amide bonds. The normalized spacial score (nSPS) is 18.8. The van der Waals surface area contributed by atoms with Gasteiger partial charge < -0.3 is 24.1 Å². The van der Waals surface area contributed by atoms with Crippen molar-refractivity contribution in [1.82, 2.24) is 19.8 Å². The average Bonchev–Trinajstić information content (AvgIpc) is 3.69. The van der Waals surface area contributed by atoms with Gasteiger partial charge in [0, 0.05) is 31.1 Å². The number of nitrogens with zero attached hydrogens (tertiary/aromatic N) is 6. The molecule has 3 aromatic carbocycles. The molecule has 10 nitrogen and oxygen atoms in total. The van der Waals surface area contributed by atoms with Gasteiger partial charge in [0.25, 0.3) is 5.95 Å². The molecule has 0 spiro atoms. The van der Waals surface area contributed by atoms with Crippen molar-refractivity contribution < 1.29 is 19.1 Å². The summed E-state index contributed by atoms with van der Waals surface area (Å²) in [6, 6.07) is 17.5. The monoisotopic (exact) mass is 616 g/mol. The smallest absolute Gasteiger partial charge is 0.285 e. The van der Waals surface area contributed by atoms with Crippen molar-refractivity contribution in [1.29, 1.82) is 5.26 Å². The van der Waals surface area contributed by atoms with E-state index in [1.807, 2.05) is 37.3 Å². The number of furan rings is 1. The van der Waals surface area contributed by atoms with E-state index in [1.165, 1.54) is 6.08 Å². The molecule has 2 aliphatic rings. The molecule has 2 unspecified atom stereocenters. The lowest BCUT2D eigenvalue weighted by Crippen LogP contribution is -2.55. The van der Waals surface area contributed by atoms with E-state index in [-0.39, 0.29) is 30.2 Å². The molecule has 2 atom stereocenters. The molecule has 0 saturated carbocycles. The lowest BCUT2D eigenvalue weighted by molar-refractivity contribution is -0.128. The highest BCUT2D eigenvalue weighted by Crippen LogP contribution is 2.45. The number of rotatable bonds is 7. The Morgan fingerprint density at radius 2 is 1.98 bits per heavy atom. The van der Waals surface area contributed by atoms with Gasteiger partial charge in [-0.15, -0.1) is 0 Å². The Kier molecular flexibility index (Phi) is 7.70. The lowest BCUT2D eigenvalue weighted by atomic mass is 9.94. The van der Waals surface area contributed by atoms with Gasteiger partial charge >= 0.3 is 0 Å². The van der Waals surface area contributed by atoms with E-state index in [9.17, 15) is 15.2 Å². The predicted molar refractivity (Wildman–Crippen MR) is 178 cm³/mol. The van der Waals surface area contributed by atoms with Crippen molar-refractivity contribution >= 4 is 44.4 Å². The average molecular weight is 617 g/mol. The van der Waals surface area contributed by atoms with Crippen LogP contribution in [0.25, 0.3) is 43.8 Å². The van der Waals surface area contributed by atoms with Crippen LogP contribution in [0.2, 0.25) is 0 Å². The second kappa shape index (κ2) is 12.0. The van der Waals surface area contributed by atoms with Crippen LogP contribution < -0.4 is 9.64 Å². The molecular weight excluding hydrogens is 580 g/mol. The van der Waals surface area contributed by atoms with Crippen LogP contribution in [0.15, 0.2) is 65.6 Å². The Balaban J connectivity index is 1.50. The third-order valence-electron chi connectivity index (χ3n) is 9.25. The number of carbonyl (C=O) groups is 1. The minimum absolute atomic E-state index is 0.0537. The molecule has 2 aliphatic heterocycles. The molecule has 2 aromatic heterocycles. The fraction of sp³-hybridized carbons (Fsp3) is 0.333. The third-order valence-corrected chi connectivity index (χ3v) is 9.25. The number of phenolic OH excluding ortho intramolecular Hbond substituents is 1. The molecule has 1 N–H and O–H groups in total. The Morgan fingerprint density at radius 3 is 2.74 bits per heavy atom. The first-order valence-corrected chi connectivity index (χ1v) is 15.8. The van der Waals surface area contributed by atoms with Gasteiger partial charge in [-0.25, -0.2) is 9.97 Å². The Labute approximate surface area is 267 Å². The van der Waals surface area contributed by atoms with Crippen molar-refractivity contribution in [3.05, 3.63) is 67.0 Å².